The van der Waals surface area contributed by atoms with Gasteiger partial charge in [0, 0.05) is 0 Å². The number of ether oxygens (including phenoxy) is 1. The molecule has 1 atom stereocenters. The van der Waals surface area contributed by atoms with E-state index in [2.05, 4.69) is 5.43 Å². The maximum Gasteiger partial charge on any atom is 0.432 e. The first-order valence-electron chi connectivity index (χ1n) is 5.52. The van der Waals surface area contributed by atoms with Gasteiger partial charge in [0.1, 0.15) is 5.82 Å². The Morgan fingerprint density at radius 1 is 1.33 bits per heavy atom. The number of nitrogens with one attached hydrogen (secondary N) is 1. The van der Waals surface area contributed by atoms with Gasteiger partial charge in [0.25, 0.3) is 0 Å². The molecule has 6 heteroatoms. The van der Waals surface area contributed by atoms with Gasteiger partial charge in [0.2, 0.25) is 0 Å². The van der Waals surface area contributed by atoms with Gasteiger partial charge in [-0.05, 0) is 32.9 Å². The number of cyclic esters (lactones) is 1. The molecule has 1 amide bonds. The van der Waals surface area contributed by atoms with E-state index in [9.17, 15) is 14.3 Å². The van der Waals surface area contributed by atoms with Crippen LogP contribution in [0, 0.1) is 5.82 Å². The number of nitrogens with zero attached hydrogens (tertiary/aromatic N) is 1. The van der Waals surface area contributed by atoms with E-state index in [4.69, 9.17) is 4.74 Å². The molecule has 0 bridgehead atoms. The quantitative estimate of drug-likeness (QED) is 0.848. The van der Waals surface area contributed by atoms with Gasteiger partial charge in [-0.1, -0.05) is 12.1 Å². The Hall–Kier alpha value is -1.82. The van der Waals surface area contributed by atoms with Crippen LogP contribution in [0.15, 0.2) is 24.3 Å². The fourth-order valence-electron chi connectivity index (χ4n) is 1.63. The second-order valence-corrected chi connectivity index (χ2v) is 4.83. The number of halogens is 1. The Balaban J connectivity index is 2.30. The first kappa shape index (κ1) is 12.6. The average Bonchev–Trinajstić information content (AvgIpc) is 2.40. The van der Waals surface area contributed by atoms with Crippen LogP contribution in [0.1, 0.15) is 20.8 Å². The van der Waals surface area contributed by atoms with Crippen LogP contribution in [-0.4, -0.2) is 27.5 Å². The molecular formula is C12H15FN2O3. The highest BCUT2D eigenvalue weighted by Gasteiger charge is 2.57. The standard InChI is InChI=1S/C12H15FN2O3/c1-11(2)12(3,17)15(10(16)18-11)14-9-7-5-4-6-8(9)13/h4-7,14,17H,1-3H3/t12-/m1/s1. The summed E-state index contributed by atoms with van der Waals surface area (Å²) in [7, 11) is 0. The molecule has 1 aliphatic rings. The van der Waals surface area contributed by atoms with Gasteiger partial charge in [-0.25, -0.2) is 9.18 Å². The minimum atomic E-state index is -1.59. The third kappa shape index (κ3) is 1.78. The number of hydrogen-bond acceptors (Lipinski definition) is 4. The summed E-state index contributed by atoms with van der Waals surface area (Å²) in [5, 5.41) is 11.2. The van der Waals surface area contributed by atoms with Crippen LogP contribution in [0.3, 0.4) is 0 Å². The molecule has 1 aromatic rings. The van der Waals surface area contributed by atoms with Crippen molar-refractivity contribution in [1.29, 1.82) is 0 Å². The molecule has 1 aliphatic heterocycles. The molecule has 2 N–H and O–H groups in total. The Bertz CT molecular complexity index is 488. The van der Waals surface area contributed by atoms with Crippen molar-refractivity contribution in [3.8, 4) is 0 Å². The predicted molar refractivity (Wildman–Crippen MR) is 63.0 cm³/mol. The van der Waals surface area contributed by atoms with E-state index < -0.39 is 23.2 Å². The van der Waals surface area contributed by atoms with Crippen LogP contribution in [0.2, 0.25) is 0 Å². The van der Waals surface area contributed by atoms with Crippen molar-refractivity contribution in [1.82, 2.24) is 5.01 Å². The molecule has 0 aliphatic carbocycles. The number of para-hydroxylation sites is 1. The zero-order valence-corrected chi connectivity index (χ0v) is 10.4. The summed E-state index contributed by atoms with van der Waals surface area (Å²) >= 11 is 0. The maximum absolute atomic E-state index is 13.5. The molecule has 0 spiro atoms. The second-order valence-electron chi connectivity index (χ2n) is 4.83. The average molecular weight is 254 g/mol. The molecule has 0 radical (unpaired) electrons. The minimum absolute atomic E-state index is 0.0902. The summed E-state index contributed by atoms with van der Waals surface area (Å²) in [6.45, 7) is 4.58. The number of benzene rings is 1. The highest BCUT2D eigenvalue weighted by molar-refractivity contribution is 5.74. The minimum Gasteiger partial charge on any atom is -0.437 e. The smallest absolute Gasteiger partial charge is 0.432 e. The van der Waals surface area contributed by atoms with Crippen molar-refractivity contribution in [2.45, 2.75) is 32.1 Å². The van der Waals surface area contributed by atoms with Crippen LogP contribution < -0.4 is 5.43 Å². The van der Waals surface area contributed by atoms with E-state index >= 15 is 0 Å². The molecule has 5 nitrogen and oxygen atoms in total. The van der Waals surface area contributed by atoms with Crippen molar-refractivity contribution in [2.75, 3.05) is 5.43 Å². The number of carbonyl (C=O) groups is 1. The van der Waals surface area contributed by atoms with Crippen molar-refractivity contribution < 1.29 is 19.0 Å². The lowest BCUT2D eigenvalue weighted by Gasteiger charge is -2.34. The molecule has 1 saturated heterocycles. The first-order chi connectivity index (χ1) is 8.25. The Morgan fingerprint density at radius 2 is 1.94 bits per heavy atom. The molecule has 0 unspecified atom stereocenters. The lowest BCUT2D eigenvalue weighted by Crippen LogP contribution is -2.55. The predicted octanol–water partition coefficient (Wildman–Crippen LogP) is 2.09. The molecule has 1 fully saturated rings. The monoisotopic (exact) mass is 254 g/mol. The van der Waals surface area contributed by atoms with Gasteiger partial charge < -0.3 is 9.84 Å². The zero-order valence-electron chi connectivity index (χ0n) is 10.4. The molecular weight excluding hydrogens is 239 g/mol. The number of aliphatic hydroxyl groups is 1. The van der Waals surface area contributed by atoms with Crippen LogP contribution in [0.25, 0.3) is 0 Å². The summed E-state index contributed by atoms with van der Waals surface area (Å²) in [5.74, 6) is -0.522. The van der Waals surface area contributed by atoms with E-state index in [1.165, 1.54) is 25.1 Å². The van der Waals surface area contributed by atoms with E-state index in [1.54, 1.807) is 19.9 Å². The summed E-state index contributed by atoms with van der Waals surface area (Å²) in [5.41, 5.74) is -0.0570. The number of hydrogen-bond donors (Lipinski definition) is 2. The van der Waals surface area contributed by atoms with Crippen molar-refractivity contribution in [3.63, 3.8) is 0 Å². The second kappa shape index (κ2) is 3.84. The van der Waals surface area contributed by atoms with Gasteiger partial charge in [0.05, 0.1) is 5.69 Å². The lowest BCUT2D eigenvalue weighted by molar-refractivity contribution is -0.121. The van der Waals surface area contributed by atoms with Crippen molar-refractivity contribution in [2.24, 2.45) is 0 Å². The number of anilines is 1. The molecule has 0 aromatic heterocycles. The molecule has 18 heavy (non-hydrogen) atoms. The van der Waals surface area contributed by atoms with Gasteiger partial charge in [0.15, 0.2) is 11.3 Å². The molecule has 98 valence electrons. The zero-order chi connectivity index (χ0) is 13.6. The number of carbonyl (C=O) groups excluding carboxylic acids is 1. The third-order valence-corrected chi connectivity index (χ3v) is 3.21. The number of amides is 1. The highest BCUT2D eigenvalue weighted by Crippen LogP contribution is 2.37. The van der Waals surface area contributed by atoms with Crippen LogP contribution in [0.4, 0.5) is 14.9 Å². The lowest BCUT2D eigenvalue weighted by atomic mass is 9.97. The summed E-state index contributed by atoms with van der Waals surface area (Å²) in [6, 6.07) is 5.87. The Labute approximate surface area is 104 Å². The first-order valence-corrected chi connectivity index (χ1v) is 5.52. The summed E-state index contributed by atoms with van der Waals surface area (Å²) < 4.78 is 18.5. The summed E-state index contributed by atoms with van der Waals surface area (Å²) in [6.07, 6.45) is -0.756. The fraction of sp³-hybridized carbons (Fsp3) is 0.417. The third-order valence-electron chi connectivity index (χ3n) is 3.21. The molecule has 2 rings (SSSR count). The van der Waals surface area contributed by atoms with Gasteiger partial charge in [-0.15, -0.1) is 0 Å². The Morgan fingerprint density at radius 3 is 2.44 bits per heavy atom. The fourth-order valence-corrected chi connectivity index (χ4v) is 1.63. The SMILES string of the molecule is CC1(C)OC(=O)N(Nc2ccccc2F)[C@]1(C)O. The topological polar surface area (TPSA) is 61.8 Å². The number of hydrazine groups is 1. The van der Waals surface area contributed by atoms with Crippen molar-refractivity contribution >= 4 is 11.8 Å². The van der Waals surface area contributed by atoms with E-state index in [0.717, 1.165) is 5.01 Å². The highest BCUT2D eigenvalue weighted by atomic mass is 19.1. The van der Waals surface area contributed by atoms with E-state index in [-0.39, 0.29) is 5.69 Å². The molecule has 1 aromatic carbocycles. The van der Waals surface area contributed by atoms with Gasteiger partial charge >= 0.3 is 6.09 Å². The normalized spacial score (nSPS) is 26.1. The van der Waals surface area contributed by atoms with Gasteiger partial charge in [-0.2, -0.15) is 5.01 Å². The largest absolute Gasteiger partial charge is 0.437 e. The maximum atomic E-state index is 13.5. The van der Waals surface area contributed by atoms with E-state index in [0.29, 0.717) is 0 Å². The molecule has 1 heterocycles. The number of rotatable bonds is 2. The summed E-state index contributed by atoms with van der Waals surface area (Å²) in [4.78, 5) is 11.7. The Kier molecular flexibility index (Phi) is 2.70. The van der Waals surface area contributed by atoms with E-state index in [1.807, 2.05) is 0 Å². The van der Waals surface area contributed by atoms with Crippen LogP contribution in [0.5, 0.6) is 0 Å². The van der Waals surface area contributed by atoms with Crippen LogP contribution >= 0.6 is 0 Å². The van der Waals surface area contributed by atoms with Crippen molar-refractivity contribution in [3.05, 3.63) is 30.1 Å². The molecule has 0 saturated carbocycles. The van der Waals surface area contributed by atoms with Gasteiger partial charge in [-0.3, -0.25) is 5.43 Å². The van der Waals surface area contributed by atoms with Crippen LogP contribution in [-0.2, 0) is 4.74 Å².